The van der Waals surface area contributed by atoms with Gasteiger partial charge in [-0.3, -0.25) is 0 Å². The average molecular weight is 883 g/mol. The van der Waals surface area contributed by atoms with Crippen molar-refractivity contribution in [1.29, 1.82) is 0 Å². The van der Waals surface area contributed by atoms with Crippen LogP contribution in [0.15, 0.2) is 109 Å². The summed E-state index contributed by atoms with van der Waals surface area (Å²) in [6.07, 6.45) is 15.4. The molecular formula is C52H68Cl2SiZr. The zero-order valence-corrected chi connectivity index (χ0v) is 40.8. The van der Waals surface area contributed by atoms with Crippen LogP contribution in [0.3, 0.4) is 0 Å². The van der Waals surface area contributed by atoms with Crippen molar-refractivity contribution >= 4 is 48.1 Å². The van der Waals surface area contributed by atoms with Crippen LogP contribution in [0.5, 0.6) is 0 Å². The van der Waals surface area contributed by atoms with E-state index in [-0.39, 0.29) is 0 Å². The van der Waals surface area contributed by atoms with Crippen molar-refractivity contribution in [2.45, 2.75) is 144 Å². The number of unbranched alkanes of at least 4 members (excludes halogenated alkanes) is 6. The molecule has 6 rings (SSSR count). The SMILES string of the molecule is CCCCCCc1cc2c(-c3ccc(C(C)CC)cc3)cccc2[cH-]1.CCCCCCc1cc2c(-c3ccc(C(C)CC)cc3)cccc2[cH-]1.C[Si]C.[Cl][Zr+2][Cl]. The molecule has 0 aromatic heterocycles. The van der Waals surface area contributed by atoms with Crippen molar-refractivity contribution in [2.24, 2.45) is 0 Å². The first-order valence-corrected chi connectivity index (χ1v) is 29.7. The van der Waals surface area contributed by atoms with E-state index in [1.54, 1.807) is 0 Å². The average Bonchev–Trinajstić information content (AvgIpc) is 3.85. The van der Waals surface area contributed by atoms with Gasteiger partial charge in [0.2, 0.25) is 0 Å². The van der Waals surface area contributed by atoms with Crippen LogP contribution in [0.2, 0.25) is 13.1 Å². The molecule has 0 heterocycles. The molecule has 2 radical (unpaired) electrons. The third kappa shape index (κ3) is 15.2. The van der Waals surface area contributed by atoms with E-state index in [1.165, 1.54) is 143 Å². The fraction of sp³-hybridized carbons (Fsp3) is 0.423. The normalized spacial score (nSPS) is 11.8. The van der Waals surface area contributed by atoms with E-state index in [1.807, 2.05) is 0 Å². The quantitative estimate of drug-likeness (QED) is 0.0516. The molecule has 0 nitrogen and oxygen atoms in total. The summed E-state index contributed by atoms with van der Waals surface area (Å²) >= 11 is -0.826. The maximum atomic E-state index is 4.93. The number of hydrogen-bond donors (Lipinski definition) is 0. The minimum atomic E-state index is -0.826. The summed E-state index contributed by atoms with van der Waals surface area (Å²) < 4.78 is 0. The van der Waals surface area contributed by atoms with Crippen LogP contribution < -0.4 is 0 Å². The Morgan fingerprint density at radius 2 is 0.893 bits per heavy atom. The van der Waals surface area contributed by atoms with E-state index in [9.17, 15) is 0 Å². The second kappa shape index (κ2) is 27.5. The first-order valence-electron chi connectivity index (χ1n) is 21.4. The van der Waals surface area contributed by atoms with Crippen LogP contribution in [0.4, 0.5) is 0 Å². The van der Waals surface area contributed by atoms with Crippen LogP contribution in [0.1, 0.15) is 140 Å². The van der Waals surface area contributed by atoms with Crippen LogP contribution in [0, 0.1) is 0 Å². The van der Waals surface area contributed by atoms with Gasteiger partial charge in [0.1, 0.15) is 0 Å². The molecule has 0 saturated heterocycles. The van der Waals surface area contributed by atoms with E-state index in [0.717, 1.165) is 9.52 Å². The molecular weight excluding hydrogens is 815 g/mol. The Bertz CT molecular complexity index is 1780. The topological polar surface area (TPSA) is 0 Å². The van der Waals surface area contributed by atoms with Gasteiger partial charge in [-0.15, -0.1) is 69.1 Å². The van der Waals surface area contributed by atoms with Gasteiger partial charge in [0.05, 0.1) is 0 Å². The van der Waals surface area contributed by atoms with Crippen LogP contribution in [-0.4, -0.2) is 9.52 Å². The molecule has 2 unspecified atom stereocenters. The van der Waals surface area contributed by atoms with E-state index >= 15 is 0 Å². The molecule has 0 bridgehead atoms. The number of halogens is 2. The van der Waals surface area contributed by atoms with Crippen LogP contribution in [0.25, 0.3) is 43.8 Å². The molecule has 6 aromatic rings. The first kappa shape index (κ1) is 48.2. The van der Waals surface area contributed by atoms with Gasteiger partial charge < -0.3 is 0 Å². The molecule has 298 valence electrons. The van der Waals surface area contributed by atoms with Crippen molar-refractivity contribution < 1.29 is 20.8 Å². The number of hydrogen-bond acceptors (Lipinski definition) is 0. The van der Waals surface area contributed by atoms with Crippen molar-refractivity contribution in [1.82, 2.24) is 0 Å². The monoisotopic (exact) mass is 880 g/mol. The Kier molecular flexibility index (Phi) is 23.6. The summed E-state index contributed by atoms with van der Waals surface area (Å²) in [4.78, 5) is 0. The third-order valence-corrected chi connectivity index (χ3v) is 11.1. The maximum absolute atomic E-state index is 4.93. The second-order valence-electron chi connectivity index (χ2n) is 15.4. The molecule has 0 spiro atoms. The fourth-order valence-corrected chi connectivity index (χ4v) is 7.35. The first-order chi connectivity index (χ1) is 27.3. The standard InChI is InChI=1S/2C25H31.C2H6Si.2ClH.Zr/c2*1-4-6-7-8-10-20-17-23-11-9-12-24(25(23)18-20)22-15-13-21(14-16-22)19(3)5-2;1-3-2;;;/h2*9,11-19H,4-8,10H2,1-3H3;1-2H3;2*1H;/q2*-1;;;;+4/p-2. The Labute approximate surface area is 363 Å². The van der Waals surface area contributed by atoms with Crippen molar-refractivity contribution in [2.75, 3.05) is 0 Å². The molecule has 0 fully saturated rings. The van der Waals surface area contributed by atoms with E-state index in [2.05, 4.69) is 164 Å². The second-order valence-corrected chi connectivity index (χ2v) is 20.1. The van der Waals surface area contributed by atoms with Crippen LogP contribution in [-0.2, 0) is 33.7 Å². The van der Waals surface area contributed by atoms with Gasteiger partial charge in [-0.25, -0.2) is 0 Å². The fourth-order valence-electron chi connectivity index (χ4n) is 7.35. The van der Waals surface area contributed by atoms with Crippen molar-refractivity contribution in [3.63, 3.8) is 0 Å². The Hall–Kier alpha value is -2.22. The minimum absolute atomic E-state index is 0.637. The predicted molar refractivity (Wildman–Crippen MR) is 252 cm³/mol. The molecule has 0 aliphatic rings. The van der Waals surface area contributed by atoms with Crippen LogP contribution >= 0.6 is 17.0 Å². The van der Waals surface area contributed by atoms with Gasteiger partial charge in [0.25, 0.3) is 0 Å². The van der Waals surface area contributed by atoms with Gasteiger partial charge in [-0.05, 0) is 59.8 Å². The molecule has 0 aliphatic carbocycles. The number of fused-ring (bicyclic) bond motifs is 2. The zero-order chi connectivity index (χ0) is 40.7. The Morgan fingerprint density at radius 3 is 1.21 bits per heavy atom. The summed E-state index contributed by atoms with van der Waals surface area (Å²) in [5.41, 5.74) is 11.3. The number of benzene rings is 4. The molecule has 0 N–H and O–H groups in total. The predicted octanol–water partition coefficient (Wildman–Crippen LogP) is 17.9. The zero-order valence-electron chi connectivity index (χ0n) is 35.8. The third-order valence-electron chi connectivity index (χ3n) is 11.1. The molecule has 56 heavy (non-hydrogen) atoms. The summed E-state index contributed by atoms with van der Waals surface area (Å²) in [7, 11) is 11.0. The number of aryl methyl sites for hydroxylation is 2. The summed E-state index contributed by atoms with van der Waals surface area (Å²) in [5, 5.41) is 5.58. The van der Waals surface area contributed by atoms with Gasteiger partial charge in [-0.2, -0.15) is 12.1 Å². The van der Waals surface area contributed by atoms with E-state index in [0.29, 0.717) is 11.8 Å². The molecule has 0 amide bonds. The number of rotatable bonds is 16. The molecule has 4 heteroatoms. The Morgan fingerprint density at radius 1 is 0.536 bits per heavy atom. The van der Waals surface area contributed by atoms with Gasteiger partial charge in [0, 0.05) is 9.52 Å². The summed E-state index contributed by atoms with van der Waals surface area (Å²) in [6, 6.07) is 41.4. The van der Waals surface area contributed by atoms with Gasteiger partial charge in [-0.1, -0.05) is 178 Å². The van der Waals surface area contributed by atoms with Crippen molar-refractivity contribution in [3.8, 4) is 22.3 Å². The van der Waals surface area contributed by atoms with Gasteiger partial charge in [0.15, 0.2) is 0 Å². The summed E-state index contributed by atoms with van der Waals surface area (Å²) in [6.45, 7) is 18.0. The molecule has 0 saturated carbocycles. The van der Waals surface area contributed by atoms with E-state index < -0.39 is 20.8 Å². The van der Waals surface area contributed by atoms with E-state index in [4.69, 9.17) is 17.0 Å². The molecule has 0 aliphatic heterocycles. The molecule has 2 atom stereocenters. The summed E-state index contributed by atoms with van der Waals surface area (Å²) in [5.74, 6) is 1.27. The van der Waals surface area contributed by atoms with Gasteiger partial charge >= 0.3 is 37.9 Å². The Balaban J connectivity index is 0.000000264. The molecule has 6 aromatic carbocycles. The van der Waals surface area contributed by atoms with Crippen molar-refractivity contribution in [3.05, 3.63) is 131 Å².